The van der Waals surface area contributed by atoms with Gasteiger partial charge in [0, 0.05) is 18.3 Å². The van der Waals surface area contributed by atoms with Crippen LogP contribution in [0.15, 0.2) is 34.4 Å². The summed E-state index contributed by atoms with van der Waals surface area (Å²) in [5, 5.41) is 0. The van der Waals surface area contributed by atoms with Gasteiger partial charge >= 0.3 is 11.9 Å². The maximum Gasteiger partial charge on any atom is 0.312 e. The van der Waals surface area contributed by atoms with E-state index in [1.54, 1.807) is 7.11 Å². The second kappa shape index (κ2) is 9.72. The molecule has 206 valence electrons. The van der Waals surface area contributed by atoms with Crippen molar-refractivity contribution >= 4 is 11.9 Å². The number of hydrogen-bond acceptors (Lipinski definition) is 4. The summed E-state index contributed by atoms with van der Waals surface area (Å²) < 4.78 is 11.3. The number of fused-ring (bicyclic) bond motifs is 2. The maximum absolute atomic E-state index is 13.2. The van der Waals surface area contributed by atoms with E-state index >= 15 is 0 Å². The van der Waals surface area contributed by atoms with E-state index in [9.17, 15) is 9.59 Å². The van der Waals surface area contributed by atoms with Crippen molar-refractivity contribution in [3.63, 3.8) is 0 Å². The number of esters is 2. The highest BCUT2D eigenvalue weighted by Crippen LogP contribution is 2.61. The molecule has 0 amide bonds. The summed E-state index contributed by atoms with van der Waals surface area (Å²) in [6.07, 6.45) is 13.8. The van der Waals surface area contributed by atoms with Crippen LogP contribution >= 0.6 is 0 Å². The van der Waals surface area contributed by atoms with Crippen LogP contribution in [-0.4, -0.2) is 25.2 Å². The fourth-order valence-corrected chi connectivity index (χ4v) is 8.89. The van der Waals surface area contributed by atoms with Gasteiger partial charge in [-0.25, -0.2) is 0 Å². The van der Waals surface area contributed by atoms with Gasteiger partial charge in [0.2, 0.25) is 0 Å². The highest BCUT2D eigenvalue weighted by Gasteiger charge is 2.56. The number of ether oxygens (including phenoxy) is 2. The number of carbonyl (C=O) groups excluding carboxylic acids is 2. The number of methoxy groups -OCH3 is 1. The second-order valence-electron chi connectivity index (χ2n) is 14.3. The summed E-state index contributed by atoms with van der Waals surface area (Å²) in [5.41, 5.74) is 5.53. The fraction of sp³-hybridized carbons (Fsp3) is 0.758. The quantitative estimate of drug-likeness (QED) is 0.358. The molecule has 0 heterocycles. The van der Waals surface area contributed by atoms with Crippen LogP contribution in [0.1, 0.15) is 113 Å². The smallest absolute Gasteiger partial charge is 0.312 e. The lowest BCUT2D eigenvalue weighted by Gasteiger charge is -2.57. The lowest BCUT2D eigenvalue weighted by atomic mass is 9.49. The number of hydrogen-bond donors (Lipinski definition) is 0. The average molecular weight is 511 g/mol. The molecule has 0 aliphatic heterocycles. The molecule has 2 saturated carbocycles. The Kier molecular flexibility index (Phi) is 7.40. The van der Waals surface area contributed by atoms with Crippen molar-refractivity contribution in [2.45, 2.75) is 119 Å². The van der Waals surface area contributed by atoms with E-state index in [2.05, 4.69) is 60.6 Å². The molecule has 0 bridgehead atoms. The molecule has 0 N–H and O–H groups in total. The van der Waals surface area contributed by atoms with Crippen LogP contribution < -0.4 is 0 Å². The maximum atomic E-state index is 13.2. The van der Waals surface area contributed by atoms with E-state index < -0.39 is 5.41 Å². The minimum atomic E-state index is -0.393. The average Bonchev–Trinajstić information content (AvgIpc) is 2.81. The van der Waals surface area contributed by atoms with Gasteiger partial charge in [-0.3, -0.25) is 9.59 Å². The molecule has 0 aromatic carbocycles. The Morgan fingerprint density at radius 1 is 0.892 bits per heavy atom. The predicted octanol–water partition coefficient (Wildman–Crippen LogP) is 8.12. The van der Waals surface area contributed by atoms with E-state index in [4.69, 9.17) is 9.47 Å². The summed E-state index contributed by atoms with van der Waals surface area (Å²) in [7, 11) is 1.56. The first-order chi connectivity index (χ1) is 17.2. The second-order valence-corrected chi connectivity index (χ2v) is 14.3. The first-order valence-corrected chi connectivity index (χ1v) is 14.5. The van der Waals surface area contributed by atoms with Gasteiger partial charge in [0.1, 0.15) is 6.10 Å². The van der Waals surface area contributed by atoms with Gasteiger partial charge in [-0.1, -0.05) is 57.9 Å². The monoisotopic (exact) mass is 510 g/mol. The topological polar surface area (TPSA) is 52.6 Å². The highest BCUT2D eigenvalue weighted by atomic mass is 16.5. The van der Waals surface area contributed by atoms with E-state index in [1.165, 1.54) is 29.2 Å². The Morgan fingerprint density at radius 2 is 1.59 bits per heavy atom. The minimum absolute atomic E-state index is 0.0166. The van der Waals surface area contributed by atoms with Crippen molar-refractivity contribution < 1.29 is 19.1 Å². The Labute approximate surface area is 225 Å². The molecule has 4 heteroatoms. The van der Waals surface area contributed by atoms with E-state index in [0.717, 1.165) is 57.8 Å². The van der Waals surface area contributed by atoms with Crippen LogP contribution in [0.4, 0.5) is 0 Å². The van der Waals surface area contributed by atoms with Crippen LogP contribution in [0.3, 0.4) is 0 Å². The molecule has 4 nitrogen and oxygen atoms in total. The van der Waals surface area contributed by atoms with Gasteiger partial charge in [0.05, 0.1) is 12.5 Å². The third kappa shape index (κ3) is 4.76. The molecule has 0 aromatic rings. The summed E-state index contributed by atoms with van der Waals surface area (Å²) >= 11 is 0. The number of allylic oxidation sites excluding steroid dienone is 6. The largest absolute Gasteiger partial charge is 0.469 e. The lowest BCUT2D eigenvalue weighted by Crippen LogP contribution is -2.53. The first kappa shape index (κ1) is 28.2. The van der Waals surface area contributed by atoms with Crippen molar-refractivity contribution in [2.75, 3.05) is 7.11 Å². The molecule has 2 fully saturated rings. The third-order valence-corrected chi connectivity index (χ3v) is 11.1. The van der Waals surface area contributed by atoms with E-state index in [1.807, 2.05) is 0 Å². The Bertz CT molecular complexity index is 1040. The normalized spacial score (nSPS) is 37.2. The van der Waals surface area contributed by atoms with Gasteiger partial charge in [0.15, 0.2) is 0 Å². The van der Waals surface area contributed by atoms with Crippen molar-refractivity contribution in [2.24, 2.45) is 33.5 Å². The van der Waals surface area contributed by atoms with Crippen molar-refractivity contribution in [1.29, 1.82) is 0 Å². The van der Waals surface area contributed by atoms with E-state index in [-0.39, 0.29) is 40.2 Å². The molecule has 4 aliphatic carbocycles. The highest BCUT2D eigenvalue weighted by molar-refractivity contribution is 5.78. The molecular formula is C33H50O4. The summed E-state index contributed by atoms with van der Waals surface area (Å²) in [6.45, 7) is 17.8. The predicted molar refractivity (Wildman–Crippen MR) is 149 cm³/mol. The van der Waals surface area contributed by atoms with Crippen molar-refractivity contribution in [1.82, 2.24) is 0 Å². The Hall–Kier alpha value is -1.84. The zero-order chi connectivity index (χ0) is 27.4. The Morgan fingerprint density at radius 3 is 2.24 bits per heavy atom. The molecule has 0 radical (unpaired) electrons. The van der Waals surface area contributed by atoms with Crippen LogP contribution in [0.2, 0.25) is 0 Å². The van der Waals surface area contributed by atoms with Gasteiger partial charge in [-0.15, -0.1) is 0 Å². The zero-order valence-corrected chi connectivity index (χ0v) is 24.9. The molecule has 0 aromatic heterocycles. The third-order valence-electron chi connectivity index (χ3n) is 11.1. The van der Waals surface area contributed by atoms with Crippen LogP contribution in [0.25, 0.3) is 0 Å². The summed E-state index contributed by atoms with van der Waals surface area (Å²) in [4.78, 5) is 25.1. The fourth-order valence-electron chi connectivity index (χ4n) is 8.89. The van der Waals surface area contributed by atoms with E-state index in [0.29, 0.717) is 5.92 Å². The van der Waals surface area contributed by atoms with Gasteiger partial charge in [0.25, 0.3) is 0 Å². The molecule has 4 rings (SSSR count). The molecular weight excluding hydrogens is 460 g/mol. The summed E-state index contributed by atoms with van der Waals surface area (Å²) in [5.74, 6) is 0.467. The van der Waals surface area contributed by atoms with Crippen LogP contribution in [0, 0.1) is 33.5 Å². The molecule has 0 saturated heterocycles. The van der Waals surface area contributed by atoms with Crippen molar-refractivity contribution in [3.8, 4) is 0 Å². The Balaban J connectivity index is 1.71. The molecule has 4 aliphatic rings. The van der Waals surface area contributed by atoms with Crippen molar-refractivity contribution in [3.05, 3.63) is 34.4 Å². The van der Waals surface area contributed by atoms with Gasteiger partial charge in [-0.2, -0.15) is 0 Å². The standard InChI is InChI=1S/C33H50O4/c1-21-14-17-33(29(35)36-9)19-18-30(4,5)20-26(33)24(21)11-12-25-22(2)10-13-27-31(6,7)28(37-23(3)34)15-16-32(25,27)8/h11-12,26-28H,10,13-20H2,1-9H3/t26-,27-,28-,32+,33+/m0/s1. The SMILES string of the molecule is COC(=O)[C@@]12CCC(C)=C(C=CC3=C(C)CC[C@H]4C(C)(C)[C@@H](OC(C)=O)CC[C@]34C)[C@@H]1CC(C)(C)CC2. The number of rotatable bonds is 4. The first-order valence-electron chi connectivity index (χ1n) is 14.5. The van der Waals surface area contributed by atoms with Crippen LogP contribution in [0.5, 0.6) is 0 Å². The van der Waals surface area contributed by atoms with Gasteiger partial charge in [-0.05, 0) is 99.5 Å². The number of carbonyl (C=O) groups is 2. The summed E-state index contributed by atoms with van der Waals surface area (Å²) in [6, 6.07) is 0. The molecule has 37 heavy (non-hydrogen) atoms. The molecule has 5 atom stereocenters. The van der Waals surface area contributed by atoms with Gasteiger partial charge < -0.3 is 9.47 Å². The molecule has 0 unspecified atom stereocenters. The van der Waals surface area contributed by atoms with Crippen LogP contribution in [-0.2, 0) is 19.1 Å². The lowest BCUT2D eigenvalue weighted by molar-refractivity contribution is -0.166. The molecule has 0 spiro atoms. The zero-order valence-electron chi connectivity index (χ0n) is 24.9. The minimum Gasteiger partial charge on any atom is -0.469 e.